The van der Waals surface area contributed by atoms with Crippen molar-refractivity contribution >= 4 is 0 Å². The summed E-state index contributed by atoms with van der Waals surface area (Å²) in [4.78, 5) is 32.4. The number of nitrogens with zero attached hydrogens (tertiary/aromatic N) is 36. The Kier molecular flexibility index (Phi) is 44.5. The Bertz CT molecular complexity index is 3750. The molecule has 0 saturated carbocycles. The van der Waals surface area contributed by atoms with Crippen molar-refractivity contribution in [3.63, 3.8) is 0 Å². The third-order valence-corrected chi connectivity index (χ3v) is 13.0. The van der Waals surface area contributed by atoms with E-state index in [9.17, 15) is 0 Å². The van der Waals surface area contributed by atoms with E-state index < -0.39 is 0 Å². The van der Waals surface area contributed by atoms with Gasteiger partial charge < -0.3 is 0 Å². The van der Waals surface area contributed by atoms with E-state index in [1.165, 1.54) is 18.2 Å². The maximum absolute atomic E-state index is 4.22. The Morgan fingerprint density at radius 3 is 0.952 bits per heavy atom. The van der Waals surface area contributed by atoms with Crippen LogP contribution in [0.4, 0.5) is 0 Å². The molecule has 0 aliphatic heterocycles. The molecule has 0 bridgehead atoms. The zero-order valence-corrected chi connectivity index (χ0v) is 66.1. The lowest BCUT2D eigenvalue weighted by Gasteiger charge is -2.01. The summed E-state index contributed by atoms with van der Waals surface area (Å²) >= 11 is 0. The number of benzene rings is 1. The Hall–Kier alpha value is -12.5. The Labute approximate surface area is 615 Å². The molecule has 560 valence electrons. The van der Waals surface area contributed by atoms with Crippen molar-refractivity contribution in [2.45, 2.75) is 145 Å². The van der Waals surface area contributed by atoms with Crippen LogP contribution in [-0.2, 0) is 49.3 Å². The van der Waals surface area contributed by atoms with Gasteiger partial charge in [0.25, 0.3) is 0 Å². The monoisotopic (exact) mass is 1440 g/mol. The van der Waals surface area contributed by atoms with Crippen molar-refractivity contribution in [3.05, 3.63) is 162 Å². The molecule has 36 heteroatoms. The first-order valence-electron chi connectivity index (χ1n) is 34.3. The number of aromatic nitrogens is 36. The molecule has 13 heterocycles. The molecule has 1 aromatic carbocycles. The van der Waals surface area contributed by atoms with Gasteiger partial charge in [-0.15, -0.1) is 35.7 Å². The van der Waals surface area contributed by atoms with Crippen molar-refractivity contribution in [1.29, 1.82) is 0 Å². The van der Waals surface area contributed by atoms with E-state index in [1.807, 2.05) is 234 Å². The van der Waals surface area contributed by atoms with Crippen LogP contribution in [0.25, 0.3) is 80.0 Å². The SMILES string of the molecule is CC.CC.CC.CC.CC.CC.CC.Cc1ccccc1-c1nnnn1C.Cc1cccnc1-c1nnnn1C.Cc1ccncc1-c1nnnn1C.Cc1cnccc1-c1nnnn1C.Cc1cncnc1-c1nnnn1C.Cc1ncccc1-c1nnnn1C.Cc1ncncc1-c1nnnn1C. The van der Waals surface area contributed by atoms with Crippen LogP contribution < -0.4 is 0 Å². The summed E-state index contributed by atoms with van der Waals surface area (Å²) in [6.07, 6.45) is 17.0. The number of rotatable bonds is 7. The summed E-state index contributed by atoms with van der Waals surface area (Å²) in [5.41, 5.74) is 13.7. The summed E-state index contributed by atoms with van der Waals surface area (Å²) < 4.78 is 11.3. The van der Waals surface area contributed by atoms with Gasteiger partial charge in [-0.3, -0.25) is 19.9 Å². The molecule has 0 aliphatic carbocycles. The van der Waals surface area contributed by atoms with Gasteiger partial charge >= 0.3 is 0 Å². The van der Waals surface area contributed by atoms with Gasteiger partial charge in [0.15, 0.2) is 29.1 Å². The molecule has 0 N–H and O–H groups in total. The van der Waals surface area contributed by atoms with Crippen LogP contribution in [0.5, 0.6) is 0 Å². The molecular formula is C69H104N36. The van der Waals surface area contributed by atoms with Crippen LogP contribution >= 0.6 is 0 Å². The molecule has 0 fully saturated rings. The maximum atomic E-state index is 4.22. The first-order chi connectivity index (χ1) is 51.0. The van der Waals surface area contributed by atoms with Gasteiger partial charge in [0, 0.05) is 127 Å². The second-order valence-electron chi connectivity index (χ2n) is 19.5. The highest BCUT2D eigenvalue weighted by Crippen LogP contribution is 2.22. The van der Waals surface area contributed by atoms with Crippen LogP contribution in [0.2, 0.25) is 0 Å². The van der Waals surface area contributed by atoms with Crippen LogP contribution in [-0.4, -0.2) is 181 Å². The normalized spacial score (nSPS) is 9.33. The summed E-state index contributed by atoms with van der Waals surface area (Å²) in [5, 5.41) is 78.6. The van der Waals surface area contributed by atoms with Gasteiger partial charge in [-0.25, -0.2) is 52.7 Å². The van der Waals surface area contributed by atoms with Gasteiger partial charge in [0.1, 0.15) is 24.0 Å². The quantitative estimate of drug-likeness (QED) is 0.143. The number of pyridine rings is 4. The van der Waals surface area contributed by atoms with E-state index in [0.29, 0.717) is 17.5 Å². The third-order valence-electron chi connectivity index (χ3n) is 13.0. The molecule has 0 radical (unpaired) electrons. The highest BCUT2D eigenvalue weighted by atomic mass is 15.6. The fourth-order valence-corrected chi connectivity index (χ4v) is 8.08. The van der Waals surface area contributed by atoms with Crippen molar-refractivity contribution in [2.75, 3.05) is 0 Å². The molecule has 0 saturated heterocycles. The molecule has 0 unspecified atom stereocenters. The Morgan fingerprint density at radius 2 is 0.543 bits per heavy atom. The number of hydrogen-bond acceptors (Lipinski definition) is 29. The zero-order valence-electron chi connectivity index (χ0n) is 66.1. The summed E-state index contributed by atoms with van der Waals surface area (Å²) in [5.74, 6) is 5.07. The molecule has 36 nitrogen and oxygen atoms in total. The average Bonchev–Trinajstić information content (AvgIpc) is 1.80. The summed E-state index contributed by atoms with van der Waals surface area (Å²) in [7, 11) is 12.6. The van der Waals surface area contributed by atoms with Gasteiger partial charge in [-0.2, -0.15) is 0 Å². The van der Waals surface area contributed by atoms with Gasteiger partial charge in [-0.1, -0.05) is 127 Å². The minimum absolute atomic E-state index is 0.653. The van der Waals surface area contributed by atoms with Crippen molar-refractivity contribution < 1.29 is 0 Å². The summed E-state index contributed by atoms with van der Waals surface area (Å²) in [6.45, 7) is 41.8. The molecule has 14 rings (SSSR count). The van der Waals surface area contributed by atoms with Gasteiger partial charge in [-0.05, 0) is 180 Å². The highest BCUT2D eigenvalue weighted by molar-refractivity contribution is 5.61. The predicted molar refractivity (Wildman–Crippen MR) is 405 cm³/mol. The molecule has 0 aliphatic rings. The number of aryl methyl sites for hydroxylation is 14. The third kappa shape index (κ3) is 27.7. The largest absolute Gasteiger partial charge is 0.264 e. The molecule has 105 heavy (non-hydrogen) atoms. The van der Waals surface area contributed by atoms with Crippen molar-refractivity contribution in [2.24, 2.45) is 49.3 Å². The van der Waals surface area contributed by atoms with E-state index in [2.05, 4.69) is 149 Å². The van der Waals surface area contributed by atoms with Crippen LogP contribution in [0.1, 0.15) is 136 Å². The number of hydrogen-bond donors (Lipinski definition) is 0. The Morgan fingerprint density at radius 1 is 0.229 bits per heavy atom. The highest BCUT2D eigenvalue weighted by Gasteiger charge is 2.14. The maximum Gasteiger partial charge on any atom is 0.200 e. The van der Waals surface area contributed by atoms with E-state index >= 15 is 0 Å². The fourth-order valence-electron chi connectivity index (χ4n) is 8.08. The van der Waals surface area contributed by atoms with Crippen molar-refractivity contribution in [3.8, 4) is 80.0 Å². The number of tetrazole rings is 7. The first kappa shape index (κ1) is 90.5. The lowest BCUT2D eigenvalue weighted by molar-refractivity contribution is 0.713. The molecule has 14 aromatic rings. The van der Waals surface area contributed by atoms with E-state index in [4.69, 9.17) is 0 Å². The Balaban J connectivity index is 0.000000595. The first-order valence-corrected chi connectivity index (χ1v) is 34.3. The predicted octanol–water partition coefficient (Wildman–Crippen LogP) is 10.6. The van der Waals surface area contributed by atoms with Crippen LogP contribution in [0.15, 0.2) is 123 Å². The smallest absolute Gasteiger partial charge is 0.200 e. The summed E-state index contributed by atoms with van der Waals surface area (Å²) in [6, 6.07) is 19.6. The van der Waals surface area contributed by atoms with E-state index in [1.54, 1.807) is 103 Å². The zero-order chi connectivity index (χ0) is 78.8. The van der Waals surface area contributed by atoms with E-state index in [0.717, 1.165) is 96.1 Å². The molecule has 13 aromatic heterocycles. The second-order valence-corrected chi connectivity index (χ2v) is 19.5. The fraction of sp³-hybridized carbons (Fsp3) is 0.406. The van der Waals surface area contributed by atoms with Gasteiger partial charge in [0.05, 0.1) is 11.3 Å². The molecule has 0 atom stereocenters. The lowest BCUT2D eigenvalue weighted by Crippen LogP contribution is -1.98. The van der Waals surface area contributed by atoms with Crippen LogP contribution in [0, 0.1) is 48.5 Å². The van der Waals surface area contributed by atoms with E-state index in [-0.39, 0.29) is 0 Å². The average molecular weight is 1440 g/mol. The molecule has 0 amide bonds. The van der Waals surface area contributed by atoms with Crippen LogP contribution in [0.3, 0.4) is 0 Å². The standard InChI is InChI=1S/C9H10N4.4C8H9N5.2C7H8N6.7C2H6/c1-7-5-3-4-6-8(7)9-10-11-12-13(9)2;1-6-5-9-4-3-7(6)8-10-11-12-13(8)2;1-6-3-4-9-5-7(6)8-10-11-12-13(8)2;1-6-7(4-3-5-9-6)8-10-11-12-13(8)2;1-6-4-3-5-9-7(6)8-10-11-12-13(8)2;1-5-6(3-8-4-9-5)7-10-11-12-13(7)2;1-5-3-8-4-9-6(5)7-10-11-12-13(7)2;7*1-2/h3-6H,1-2H3;4*3-5H,1-2H3;2*3-4H,1-2H3;7*1-2H3. The second kappa shape index (κ2) is 51.6. The minimum atomic E-state index is 0.653. The van der Waals surface area contributed by atoms with Crippen molar-refractivity contribution in [1.82, 2.24) is 181 Å². The molecule has 0 spiro atoms. The topological polar surface area (TPSA) is 408 Å². The minimum Gasteiger partial charge on any atom is -0.264 e. The van der Waals surface area contributed by atoms with Gasteiger partial charge in [0.2, 0.25) is 11.6 Å². The molecular weight excluding hydrogens is 1330 g/mol. The lowest BCUT2D eigenvalue weighted by atomic mass is 10.1.